The van der Waals surface area contributed by atoms with Crippen LogP contribution in [0.4, 0.5) is 0 Å². The van der Waals surface area contributed by atoms with E-state index in [1.165, 1.54) is 0 Å². The standard InChI is InChI=1S/C9H19NO3.3Y/c1-9(2,3)10-4-6(11)8(13)7(12)5-10;;;/h6-8,11-13H,4-5H2,1-3H3;;;/t6-,7+,8?;;;. The van der Waals surface area contributed by atoms with Crippen LogP contribution in [0.3, 0.4) is 0 Å². The molecule has 3 radical (unpaired) electrons. The largest absolute Gasteiger partial charge is 0.389 e. The smallest absolute Gasteiger partial charge is 0.108 e. The molecule has 0 bridgehead atoms. The minimum Gasteiger partial charge on any atom is -0.389 e. The van der Waals surface area contributed by atoms with Gasteiger partial charge in [0.1, 0.15) is 6.10 Å². The van der Waals surface area contributed by atoms with E-state index in [0.29, 0.717) is 13.1 Å². The van der Waals surface area contributed by atoms with E-state index in [1.807, 2.05) is 25.7 Å². The third-order valence-electron chi connectivity index (χ3n) is 2.55. The summed E-state index contributed by atoms with van der Waals surface area (Å²) in [6, 6.07) is 0. The second kappa shape index (κ2) is 9.96. The van der Waals surface area contributed by atoms with E-state index in [-0.39, 0.29) is 104 Å². The van der Waals surface area contributed by atoms with E-state index < -0.39 is 18.3 Å². The Balaban J connectivity index is -0.000000563. The van der Waals surface area contributed by atoms with Crippen molar-refractivity contribution in [2.24, 2.45) is 0 Å². The number of piperidine rings is 1. The Morgan fingerprint density at radius 3 is 1.44 bits per heavy atom. The van der Waals surface area contributed by atoms with Gasteiger partial charge in [-0.25, -0.2) is 0 Å². The zero-order valence-electron chi connectivity index (χ0n) is 10.2. The van der Waals surface area contributed by atoms with Crippen LogP contribution in [0.5, 0.6) is 0 Å². The van der Waals surface area contributed by atoms with E-state index in [1.54, 1.807) is 0 Å². The molecule has 0 saturated carbocycles. The molecule has 0 amide bonds. The topological polar surface area (TPSA) is 63.9 Å². The van der Waals surface area contributed by atoms with E-state index >= 15 is 0 Å². The molecule has 1 aliphatic rings. The molecule has 3 N–H and O–H groups in total. The summed E-state index contributed by atoms with van der Waals surface area (Å²) in [5, 5.41) is 28.2. The van der Waals surface area contributed by atoms with Crippen molar-refractivity contribution in [1.82, 2.24) is 4.90 Å². The molecule has 1 rings (SSSR count). The normalized spacial score (nSPS) is 30.8. The number of β-amino-alcohol motifs (C(OH)–C–C–N with tert-alkyl or cyclic N) is 2. The van der Waals surface area contributed by atoms with Gasteiger partial charge in [-0.05, 0) is 20.8 Å². The molecule has 1 unspecified atom stereocenters. The van der Waals surface area contributed by atoms with Gasteiger partial charge in [0.05, 0.1) is 12.2 Å². The van der Waals surface area contributed by atoms with Gasteiger partial charge in [-0.2, -0.15) is 0 Å². The van der Waals surface area contributed by atoms with Crippen molar-refractivity contribution in [2.45, 2.75) is 44.6 Å². The molecular formula is C9H19NO3Y3. The predicted molar refractivity (Wildman–Crippen MR) is 49.3 cm³/mol. The van der Waals surface area contributed by atoms with Crippen LogP contribution >= 0.6 is 0 Å². The van der Waals surface area contributed by atoms with Gasteiger partial charge < -0.3 is 15.3 Å². The van der Waals surface area contributed by atoms with Crippen LogP contribution in [0.15, 0.2) is 0 Å². The maximum absolute atomic E-state index is 9.43. The molecule has 87 valence electrons. The maximum Gasteiger partial charge on any atom is 0.108 e. The zero-order chi connectivity index (χ0) is 10.2. The molecule has 7 heteroatoms. The van der Waals surface area contributed by atoms with Gasteiger partial charge in [0, 0.05) is 117 Å². The summed E-state index contributed by atoms with van der Waals surface area (Å²) in [4.78, 5) is 1.97. The Morgan fingerprint density at radius 2 is 1.19 bits per heavy atom. The molecule has 0 aromatic carbocycles. The summed E-state index contributed by atoms with van der Waals surface area (Å²) < 4.78 is 0. The molecule has 4 nitrogen and oxygen atoms in total. The fraction of sp³-hybridized carbons (Fsp3) is 1.00. The van der Waals surface area contributed by atoms with Crippen LogP contribution < -0.4 is 0 Å². The Hall–Kier alpha value is 3.15. The van der Waals surface area contributed by atoms with Crippen LogP contribution in [0, 0.1) is 0 Å². The molecule has 1 fully saturated rings. The Labute approximate surface area is 173 Å². The van der Waals surface area contributed by atoms with Crippen LogP contribution in [-0.2, 0) is 98.1 Å². The van der Waals surface area contributed by atoms with Gasteiger partial charge in [0.25, 0.3) is 0 Å². The second-order valence-electron chi connectivity index (χ2n) is 4.70. The number of aliphatic hydroxyl groups excluding tert-OH is 3. The van der Waals surface area contributed by atoms with Gasteiger partial charge in [0.2, 0.25) is 0 Å². The quantitative estimate of drug-likeness (QED) is 0.446. The van der Waals surface area contributed by atoms with Gasteiger partial charge >= 0.3 is 0 Å². The summed E-state index contributed by atoms with van der Waals surface area (Å²) in [6.07, 6.45) is -2.69. The first-order chi connectivity index (χ1) is 5.82. The molecule has 0 aliphatic carbocycles. The van der Waals surface area contributed by atoms with E-state index in [0.717, 1.165) is 0 Å². The predicted octanol–water partition coefficient (Wildman–Crippen LogP) is -0.824. The first-order valence-corrected chi connectivity index (χ1v) is 4.61. The van der Waals surface area contributed by atoms with Crippen LogP contribution in [-0.4, -0.2) is 57.2 Å². The van der Waals surface area contributed by atoms with E-state index in [9.17, 15) is 15.3 Å². The molecule has 1 aliphatic heterocycles. The van der Waals surface area contributed by atoms with Gasteiger partial charge in [-0.15, -0.1) is 0 Å². The molecule has 1 heterocycles. The minimum absolute atomic E-state index is 0. The summed E-state index contributed by atoms with van der Waals surface area (Å²) in [5.41, 5.74) is -0.0812. The van der Waals surface area contributed by atoms with Crippen LogP contribution in [0.1, 0.15) is 20.8 Å². The van der Waals surface area contributed by atoms with Crippen molar-refractivity contribution >= 4 is 0 Å². The molecular weight excluding hydrogens is 437 g/mol. The van der Waals surface area contributed by atoms with Crippen molar-refractivity contribution in [2.75, 3.05) is 13.1 Å². The third kappa shape index (κ3) is 7.07. The van der Waals surface area contributed by atoms with E-state index in [4.69, 9.17) is 0 Å². The number of nitrogens with zero attached hydrogens (tertiary/aromatic N) is 1. The third-order valence-corrected chi connectivity index (χ3v) is 2.55. The Morgan fingerprint density at radius 1 is 0.875 bits per heavy atom. The molecule has 0 spiro atoms. The second-order valence-corrected chi connectivity index (χ2v) is 4.70. The summed E-state index contributed by atoms with van der Waals surface area (Å²) in [6.45, 7) is 6.89. The fourth-order valence-corrected chi connectivity index (χ4v) is 1.55. The van der Waals surface area contributed by atoms with Crippen LogP contribution in [0.25, 0.3) is 0 Å². The number of hydrogen-bond acceptors (Lipinski definition) is 4. The van der Waals surface area contributed by atoms with E-state index in [2.05, 4.69) is 0 Å². The van der Waals surface area contributed by atoms with Crippen LogP contribution in [0.2, 0.25) is 0 Å². The van der Waals surface area contributed by atoms with Crippen molar-refractivity contribution < 1.29 is 113 Å². The number of hydrogen-bond donors (Lipinski definition) is 3. The average molecular weight is 456 g/mol. The first kappa shape index (κ1) is 24.2. The molecule has 3 atom stereocenters. The van der Waals surface area contributed by atoms with Crippen molar-refractivity contribution in [1.29, 1.82) is 0 Å². The fourth-order valence-electron chi connectivity index (χ4n) is 1.55. The summed E-state index contributed by atoms with van der Waals surface area (Å²) in [7, 11) is 0. The molecule has 0 aromatic heterocycles. The number of rotatable bonds is 0. The monoisotopic (exact) mass is 456 g/mol. The molecule has 0 aromatic rings. The Kier molecular flexibility index (Phi) is 15.1. The van der Waals surface area contributed by atoms with Gasteiger partial charge in [-0.1, -0.05) is 0 Å². The Bertz CT molecular complexity index is 177. The number of likely N-dealkylation sites (tertiary alicyclic amines) is 1. The summed E-state index contributed by atoms with van der Waals surface area (Å²) >= 11 is 0. The van der Waals surface area contributed by atoms with Crippen molar-refractivity contribution in [3.63, 3.8) is 0 Å². The molecule has 16 heavy (non-hydrogen) atoms. The zero-order valence-corrected chi connectivity index (χ0v) is 18.7. The number of aliphatic hydroxyl groups is 3. The van der Waals surface area contributed by atoms with Crippen molar-refractivity contribution in [3.8, 4) is 0 Å². The first-order valence-electron chi connectivity index (χ1n) is 4.61. The SMILES string of the molecule is CC(C)(C)N1C[C@@H](O)C(O)[C@@H](O)C1.[Y].[Y].[Y]. The summed E-state index contributed by atoms with van der Waals surface area (Å²) in [5.74, 6) is 0. The molecule has 1 saturated heterocycles. The maximum atomic E-state index is 9.43. The minimum atomic E-state index is -1.00. The van der Waals surface area contributed by atoms with Gasteiger partial charge in [-0.3, -0.25) is 4.90 Å². The average Bonchev–Trinajstić information content (AvgIpc) is 1.97. The van der Waals surface area contributed by atoms with Crippen molar-refractivity contribution in [3.05, 3.63) is 0 Å². The van der Waals surface area contributed by atoms with Gasteiger partial charge in [0.15, 0.2) is 0 Å².